The van der Waals surface area contributed by atoms with Crippen molar-refractivity contribution in [2.24, 2.45) is 0 Å². The lowest BCUT2D eigenvalue weighted by Crippen LogP contribution is -2.12. The van der Waals surface area contributed by atoms with Gasteiger partial charge in [-0.15, -0.1) is 0 Å². The molecule has 0 bridgehead atoms. The summed E-state index contributed by atoms with van der Waals surface area (Å²) in [6, 6.07) is 28.4. The second kappa shape index (κ2) is 29.2. The van der Waals surface area contributed by atoms with Crippen LogP contribution in [0.1, 0.15) is 171 Å². The average molecular weight is 917 g/mol. The van der Waals surface area contributed by atoms with Gasteiger partial charge in [-0.2, -0.15) is 0 Å². The number of benzene rings is 5. The molecule has 0 aliphatic heterocycles. The minimum atomic E-state index is -0.898. The summed E-state index contributed by atoms with van der Waals surface area (Å²) in [5.41, 5.74) is 0.454. The Bertz CT molecular complexity index is 2270. The van der Waals surface area contributed by atoms with Crippen LogP contribution >= 0.6 is 0 Å². The Kier molecular flexibility index (Phi) is 22.5. The van der Waals surface area contributed by atoms with Crippen LogP contribution < -0.4 is 28.4 Å². The maximum absolute atomic E-state index is 14.8. The lowest BCUT2D eigenvalue weighted by Gasteiger charge is -2.10. The SMILES string of the molecule is CCCCCCCCCCCCOc1ccc(C(=O)Oc2ccc(C(=O)Oc3cccc(OC(=O)c4ccc(OC(=O)c5ccc(OCCCCCCCCCC)cc5F)cc4)c3)cc2)cc1. The van der Waals surface area contributed by atoms with Gasteiger partial charge in [0.1, 0.15) is 40.3 Å². The fraction of sp³-hybridized carbons (Fsp3) is 0.393. The Morgan fingerprint density at radius 1 is 0.358 bits per heavy atom. The van der Waals surface area contributed by atoms with Crippen molar-refractivity contribution >= 4 is 23.9 Å². The van der Waals surface area contributed by atoms with Crippen molar-refractivity contribution in [1.29, 1.82) is 0 Å². The van der Waals surface area contributed by atoms with Crippen LogP contribution in [0, 0.1) is 5.82 Å². The number of carbonyl (C=O) groups excluding carboxylic acids is 4. The molecule has 0 fully saturated rings. The standard InChI is InChI=1S/C56H65FO10/c1-3-5-7-9-11-13-14-16-17-19-38-62-45-30-24-42(25-31-45)53(58)64-46-32-26-43(27-33-46)54(59)66-49-22-21-23-50(40-49)67-55(60)44-28-34-47(35-29-44)65-56(61)51-37-36-48(41-52(51)57)63-39-20-18-15-12-10-8-6-4-2/h21-37,40-41H,3-20,38-39H2,1-2H3. The third-order valence-corrected chi connectivity index (χ3v) is 11.1. The Morgan fingerprint density at radius 3 is 1.12 bits per heavy atom. The van der Waals surface area contributed by atoms with Gasteiger partial charge in [-0.05, 0) is 110 Å². The average Bonchev–Trinajstić information content (AvgIpc) is 3.33. The van der Waals surface area contributed by atoms with Gasteiger partial charge >= 0.3 is 23.9 Å². The van der Waals surface area contributed by atoms with Crippen LogP contribution in [-0.2, 0) is 0 Å². The zero-order valence-corrected chi connectivity index (χ0v) is 39.1. The number of hydrogen-bond acceptors (Lipinski definition) is 10. The van der Waals surface area contributed by atoms with Gasteiger partial charge in [0.05, 0.1) is 35.5 Å². The topological polar surface area (TPSA) is 124 Å². The number of esters is 4. The summed E-state index contributed by atoms with van der Waals surface area (Å²) < 4.78 is 48.3. The normalized spacial score (nSPS) is 10.9. The number of halogens is 1. The molecule has 356 valence electrons. The second-order valence-electron chi connectivity index (χ2n) is 16.6. The summed E-state index contributed by atoms with van der Waals surface area (Å²) in [4.78, 5) is 51.5. The quantitative estimate of drug-likeness (QED) is 0.0250. The molecule has 0 saturated carbocycles. The maximum Gasteiger partial charge on any atom is 0.346 e. The molecule has 0 aromatic heterocycles. The van der Waals surface area contributed by atoms with Gasteiger partial charge in [0, 0.05) is 12.1 Å². The van der Waals surface area contributed by atoms with Crippen LogP contribution in [0.15, 0.2) is 115 Å². The van der Waals surface area contributed by atoms with Crippen LogP contribution in [0.4, 0.5) is 4.39 Å². The van der Waals surface area contributed by atoms with Gasteiger partial charge in [-0.25, -0.2) is 23.6 Å². The first-order valence-corrected chi connectivity index (χ1v) is 24.1. The maximum atomic E-state index is 14.8. The Morgan fingerprint density at radius 2 is 0.701 bits per heavy atom. The fourth-order valence-corrected chi connectivity index (χ4v) is 7.22. The molecule has 0 amide bonds. The monoisotopic (exact) mass is 916 g/mol. The third-order valence-electron chi connectivity index (χ3n) is 11.1. The highest BCUT2D eigenvalue weighted by atomic mass is 19.1. The summed E-state index contributed by atoms with van der Waals surface area (Å²) >= 11 is 0. The number of rotatable bonds is 30. The van der Waals surface area contributed by atoms with E-state index in [1.54, 1.807) is 30.3 Å². The predicted octanol–water partition coefficient (Wildman–Crippen LogP) is 14.5. The lowest BCUT2D eigenvalue weighted by molar-refractivity contribution is 0.0719. The molecule has 0 atom stereocenters. The van der Waals surface area contributed by atoms with Crippen molar-refractivity contribution in [1.82, 2.24) is 0 Å². The summed E-state index contributed by atoms with van der Waals surface area (Å²) in [5, 5.41) is 0. The molecule has 0 unspecified atom stereocenters. The molecule has 0 saturated heterocycles. The van der Waals surface area contributed by atoms with Crippen molar-refractivity contribution in [3.05, 3.63) is 143 Å². The van der Waals surface area contributed by atoms with E-state index in [4.69, 9.17) is 28.4 Å². The first kappa shape index (κ1) is 51.5. The van der Waals surface area contributed by atoms with Gasteiger partial charge in [-0.3, -0.25) is 0 Å². The number of hydrogen-bond donors (Lipinski definition) is 0. The molecule has 0 aliphatic rings. The summed E-state index contributed by atoms with van der Waals surface area (Å²) in [7, 11) is 0. The van der Waals surface area contributed by atoms with E-state index >= 15 is 0 Å². The van der Waals surface area contributed by atoms with Crippen molar-refractivity contribution in [3.8, 4) is 34.5 Å². The zero-order chi connectivity index (χ0) is 47.5. The summed E-state index contributed by atoms with van der Waals surface area (Å²) in [6.07, 6.45) is 21.9. The first-order valence-electron chi connectivity index (χ1n) is 24.1. The molecule has 0 aliphatic carbocycles. The number of unbranched alkanes of at least 4 members (excludes halogenated alkanes) is 16. The molecule has 5 aromatic rings. The largest absolute Gasteiger partial charge is 0.494 e. The Labute approximate surface area is 395 Å². The van der Waals surface area contributed by atoms with Crippen LogP contribution in [0.2, 0.25) is 0 Å². The van der Waals surface area contributed by atoms with E-state index in [2.05, 4.69) is 13.8 Å². The van der Waals surface area contributed by atoms with E-state index in [1.807, 2.05) is 0 Å². The van der Waals surface area contributed by atoms with E-state index in [9.17, 15) is 23.6 Å². The summed E-state index contributed by atoms with van der Waals surface area (Å²) in [6.45, 7) is 5.54. The van der Waals surface area contributed by atoms with Crippen molar-refractivity contribution in [2.75, 3.05) is 13.2 Å². The molecular weight excluding hydrogens is 852 g/mol. The molecule has 11 heteroatoms. The molecule has 0 spiro atoms. The molecular formula is C56H65FO10. The molecule has 0 N–H and O–H groups in total. The lowest BCUT2D eigenvalue weighted by atomic mass is 10.1. The van der Waals surface area contributed by atoms with Gasteiger partial charge < -0.3 is 28.4 Å². The van der Waals surface area contributed by atoms with E-state index in [0.717, 1.165) is 32.1 Å². The highest BCUT2D eigenvalue weighted by Gasteiger charge is 2.18. The number of carbonyl (C=O) groups is 4. The number of ether oxygens (including phenoxy) is 6. The molecule has 10 nitrogen and oxygen atoms in total. The van der Waals surface area contributed by atoms with E-state index < -0.39 is 29.7 Å². The van der Waals surface area contributed by atoms with Crippen LogP contribution in [-0.4, -0.2) is 37.1 Å². The van der Waals surface area contributed by atoms with Crippen molar-refractivity contribution in [2.45, 2.75) is 129 Å². The van der Waals surface area contributed by atoms with Gasteiger partial charge in [0.15, 0.2) is 0 Å². The van der Waals surface area contributed by atoms with Crippen LogP contribution in [0.3, 0.4) is 0 Å². The molecule has 0 heterocycles. The molecule has 67 heavy (non-hydrogen) atoms. The second-order valence-corrected chi connectivity index (χ2v) is 16.6. The highest BCUT2D eigenvalue weighted by Crippen LogP contribution is 2.25. The van der Waals surface area contributed by atoms with Crippen LogP contribution in [0.25, 0.3) is 0 Å². The highest BCUT2D eigenvalue weighted by molar-refractivity contribution is 5.94. The van der Waals surface area contributed by atoms with Gasteiger partial charge in [-0.1, -0.05) is 123 Å². The van der Waals surface area contributed by atoms with Gasteiger partial charge in [0.25, 0.3) is 0 Å². The molecule has 5 rings (SSSR count). The minimum absolute atomic E-state index is 0.0984. The zero-order valence-electron chi connectivity index (χ0n) is 39.1. The van der Waals surface area contributed by atoms with E-state index in [-0.39, 0.29) is 39.7 Å². The molecule has 0 radical (unpaired) electrons. The summed E-state index contributed by atoms with van der Waals surface area (Å²) in [5.74, 6) is -1.99. The Balaban J connectivity index is 0.999. The van der Waals surface area contributed by atoms with Crippen LogP contribution in [0.5, 0.6) is 34.5 Å². The fourth-order valence-electron chi connectivity index (χ4n) is 7.22. The van der Waals surface area contributed by atoms with Crippen molar-refractivity contribution in [3.63, 3.8) is 0 Å². The smallest absolute Gasteiger partial charge is 0.346 e. The molecule has 5 aromatic carbocycles. The van der Waals surface area contributed by atoms with E-state index in [0.29, 0.717) is 30.3 Å². The Hall–Kier alpha value is -6.49. The first-order chi connectivity index (χ1) is 32.7. The predicted molar refractivity (Wildman–Crippen MR) is 257 cm³/mol. The third kappa shape index (κ3) is 18.7. The minimum Gasteiger partial charge on any atom is -0.494 e. The van der Waals surface area contributed by atoms with E-state index in [1.165, 1.54) is 168 Å². The van der Waals surface area contributed by atoms with Crippen molar-refractivity contribution < 1.29 is 52.0 Å². The van der Waals surface area contributed by atoms with Gasteiger partial charge in [0.2, 0.25) is 0 Å².